The van der Waals surface area contributed by atoms with Gasteiger partial charge in [-0.3, -0.25) is 0 Å². The average Bonchev–Trinajstić information content (AvgIpc) is 2.82. The third kappa shape index (κ3) is 3.33. The third-order valence-electron chi connectivity index (χ3n) is 3.09. The van der Waals surface area contributed by atoms with Crippen molar-refractivity contribution in [2.45, 2.75) is 11.8 Å². The van der Waals surface area contributed by atoms with Crippen molar-refractivity contribution in [3.05, 3.63) is 56.4 Å². The molecule has 2 rings (SSSR count). The molecule has 0 aliphatic carbocycles. The van der Waals surface area contributed by atoms with Gasteiger partial charge >= 0.3 is 0 Å². The molecule has 0 fully saturated rings. The molecule has 0 saturated carbocycles. The zero-order chi connectivity index (χ0) is 13.9. The number of rotatable bonds is 5. The van der Waals surface area contributed by atoms with Gasteiger partial charge in [0.25, 0.3) is 0 Å². The Hall–Kier alpha value is -0.0900. The number of benzene rings is 1. The van der Waals surface area contributed by atoms with E-state index in [1.54, 1.807) is 23.5 Å². The Morgan fingerprint density at radius 2 is 1.89 bits per heavy atom. The van der Waals surface area contributed by atoms with Gasteiger partial charge in [0.05, 0.1) is 0 Å². The summed E-state index contributed by atoms with van der Waals surface area (Å²) in [6, 6.07) is 8.74. The van der Waals surface area contributed by atoms with Crippen molar-refractivity contribution in [3.8, 4) is 0 Å². The second kappa shape index (κ2) is 6.57. The van der Waals surface area contributed by atoms with Gasteiger partial charge in [0.2, 0.25) is 0 Å². The molecule has 0 atom stereocenters. The van der Waals surface area contributed by atoms with Gasteiger partial charge in [0, 0.05) is 31.9 Å². The summed E-state index contributed by atoms with van der Waals surface area (Å²) >= 11 is 17.3. The highest BCUT2D eigenvalue weighted by Crippen LogP contribution is 2.35. The molecule has 1 aromatic heterocycles. The minimum absolute atomic E-state index is 0.251. The van der Waals surface area contributed by atoms with E-state index in [1.807, 2.05) is 17.5 Å². The van der Waals surface area contributed by atoms with Crippen molar-refractivity contribution >= 4 is 50.5 Å². The maximum Gasteiger partial charge on any atom is 0.127 e. The fourth-order valence-corrected chi connectivity index (χ4v) is 4.40. The molecule has 2 aromatic rings. The molecule has 5 heteroatoms. The van der Waals surface area contributed by atoms with Crippen LogP contribution in [0.15, 0.2) is 40.2 Å². The number of hydrogen-bond acceptors (Lipinski definition) is 1. The second-order valence-electron chi connectivity index (χ2n) is 4.44. The summed E-state index contributed by atoms with van der Waals surface area (Å²) in [7, 11) is 0. The summed E-state index contributed by atoms with van der Waals surface area (Å²) in [4.78, 5) is 1.14. The van der Waals surface area contributed by atoms with Crippen LogP contribution in [0.2, 0.25) is 0 Å². The van der Waals surface area contributed by atoms with Gasteiger partial charge in [-0.15, -0.1) is 34.5 Å². The van der Waals surface area contributed by atoms with E-state index in [0.717, 1.165) is 9.35 Å². The SMILES string of the molecule is Fc1ccccc1C(CCl)(CCl)Cc1cc(Br)cs1. The van der Waals surface area contributed by atoms with Crippen molar-refractivity contribution in [3.63, 3.8) is 0 Å². The van der Waals surface area contributed by atoms with Gasteiger partial charge in [-0.25, -0.2) is 4.39 Å². The van der Waals surface area contributed by atoms with Crippen LogP contribution in [-0.2, 0) is 11.8 Å². The van der Waals surface area contributed by atoms with E-state index in [2.05, 4.69) is 15.9 Å². The molecule has 0 saturated heterocycles. The molecule has 0 amide bonds. The highest BCUT2D eigenvalue weighted by atomic mass is 79.9. The second-order valence-corrected chi connectivity index (χ2v) is 6.88. The van der Waals surface area contributed by atoms with E-state index in [0.29, 0.717) is 12.0 Å². The van der Waals surface area contributed by atoms with Crippen LogP contribution < -0.4 is 0 Å². The molecule has 0 radical (unpaired) electrons. The maximum atomic E-state index is 14.0. The first-order valence-electron chi connectivity index (χ1n) is 5.71. The Kier molecular flexibility index (Phi) is 5.29. The molecule has 0 spiro atoms. The zero-order valence-electron chi connectivity index (χ0n) is 10.0. The number of alkyl halides is 2. The number of thiophene rings is 1. The zero-order valence-corrected chi connectivity index (χ0v) is 13.9. The summed E-state index contributed by atoms with van der Waals surface area (Å²) in [6.45, 7) is 0. The number of halogens is 4. The highest BCUT2D eigenvalue weighted by Gasteiger charge is 2.33. The predicted octanol–water partition coefficient (Wildman–Crippen LogP) is 5.61. The lowest BCUT2D eigenvalue weighted by Crippen LogP contribution is -2.34. The van der Waals surface area contributed by atoms with Crippen molar-refractivity contribution < 1.29 is 4.39 Å². The summed E-state index contributed by atoms with van der Waals surface area (Å²) in [5, 5.41) is 2.00. The summed E-state index contributed by atoms with van der Waals surface area (Å²) in [5.74, 6) is 0.319. The summed E-state index contributed by atoms with van der Waals surface area (Å²) < 4.78 is 15.1. The molecule has 0 aliphatic heterocycles. The molecule has 0 bridgehead atoms. The number of hydrogen-bond donors (Lipinski definition) is 0. The van der Waals surface area contributed by atoms with E-state index >= 15 is 0 Å². The van der Waals surface area contributed by atoms with Gasteiger partial charge in [-0.2, -0.15) is 0 Å². The van der Waals surface area contributed by atoms with Crippen molar-refractivity contribution in [2.24, 2.45) is 0 Å². The Balaban J connectivity index is 2.40. The first-order valence-corrected chi connectivity index (χ1v) is 8.45. The summed E-state index contributed by atoms with van der Waals surface area (Å²) in [5.41, 5.74) is 0.0168. The topological polar surface area (TPSA) is 0 Å². The molecule has 102 valence electrons. The lowest BCUT2D eigenvalue weighted by molar-refractivity contribution is 0.494. The minimum atomic E-state index is -0.571. The normalized spacial score (nSPS) is 11.8. The highest BCUT2D eigenvalue weighted by molar-refractivity contribution is 9.10. The minimum Gasteiger partial charge on any atom is -0.207 e. The fraction of sp³-hybridized carbons (Fsp3) is 0.286. The first kappa shape index (κ1) is 15.3. The van der Waals surface area contributed by atoms with Gasteiger partial charge in [0.15, 0.2) is 0 Å². The molecule has 0 unspecified atom stereocenters. The Bertz CT molecular complexity index is 552. The van der Waals surface area contributed by atoms with Crippen LogP contribution in [0.4, 0.5) is 4.39 Å². The van der Waals surface area contributed by atoms with Crippen molar-refractivity contribution in [2.75, 3.05) is 11.8 Å². The first-order chi connectivity index (χ1) is 9.11. The Labute approximate surface area is 134 Å². The fourth-order valence-electron chi connectivity index (χ4n) is 2.04. The van der Waals surface area contributed by atoms with Gasteiger partial charge in [0.1, 0.15) is 5.82 Å². The molecule has 19 heavy (non-hydrogen) atoms. The largest absolute Gasteiger partial charge is 0.207 e. The Morgan fingerprint density at radius 3 is 2.42 bits per heavy atom. The van der Waals surface area contributed by atoms with Crippen LogP contribution in [0.3, 0.4) is 0 Å². The van der Waals surface area contributed by atoms with Crippen LogP contribution in [0, 0.1) is 5.82 Å². The smallest absolute Gasteiger partial charge is 0.127 e. The van der Waals surface area contributed by atoms with E-state index in [4.69, 9.17) is 23.2 Å². The Morgan fingerprint density at radius 1 is 1.21 bits per heavy atom. The molecule has 1 heterocycles. The lowest BCUT2D eigenvalue weighted by atomic mass is 9.80. The van der Waals surface area contributed by atoms with Gasteiger partial charge in [-0.1, -0.05) is 18.2 Å². The maximum absolute atomic E-state index is 14.0. The van der Waals surface area contributed by atoms with Crippen LogP contribution in [0.1, 0.15) is 10.4 Å². The van der Waals surface area contributed by atoms with E-state index < -0.39 is 5.41 Å². The van der Waals surface area contributed by atoms with Crippen molar-refractivity contribution in [1.29, 1.82) is 0 Å². The standard InChI is InChI=1S/C14H12BrCl2FS/c15-10-5-11(19-7-10)6-14(8-16,9-17)12-3-1-2-4-13(12)18/h1-5,7H,6,8-9H2. The van der Waals surface area contributed by atoms with Crippen LogP contribution >= 0.6 is 50.5 Å². The molecular weight excluding hydrogens is 370 g/mol. The monoisotopic (exact) mass is 380 g/mol. The van der Waals surface area contributed by atoms with Gasteiger partial charge in [-0.05, 0) is 40.0 Å². The van der Waals surface area contributed by atoms with Gasteiger partial charge < -0.3 is 0 Å². The summed E-state index contributed by atoms with van der Waals surface area (Å²) in [6.07, 6.45) is 0.636. The molecule has 0 aliphatic rings. The average molecular weight is 382 g/mol. The van der Waals surface area contributed by atoms with Crippen molar-refractivity contribution in [1.82, 2.24) is 0 Å². The molecule has 0 nitrogen and oxygen atoms in total. The molecule has 0 N–H and O–H groups in total. The predicted molar refractivity (Wildman–Crippen MR) is 85.2 cm³/mol. The lowest BCUT2D eigenvalue weighted by Gasteiger charge is -2.30. The van der Waals surface area contributed by atoms with Crippen LogP contribution in [0.25, 0.3) is 0 Å². The van der Waals surface area contributed by atoms with Crippen LogP contribution in [0.5, 0.6) is 0 Å². The van der Waals surface area contributed by atoms with Crippen LogP contribution in [-0.4, -0.2) is 11.8 Å². The van der Waals surface area contributed by atoms with E-state index in [-0.39, 0.29) is 17.6 Å². The molecule has 1 aromatic carbocycles. The third-order valence-corrected chi connectivity index (χ3v) is 5.81. The van der Waals surface area contributed by atoms with E-state index in [1.165, 1.54) is 6.07 Å². The molecular formula is C14H12BrCl2FS. The van der Waals surface area contributed by atoms with E-state index in [9.17, 15) is 4.39 Å². The quantitative estimate of drug-likeness (QED) is 0.590.